The molecule has 1 heterocycles. The fourth-order valence-electron chi connectivity index (χ4n) is 2.33. The normalized spacial score (nSPS) is 18.4. The first-order valence-corrected chi connectivity index (χ1v) is 7.08. The van der Waals surface area contributed by atoms with Gasteiger partial charge < -0.3 is 9.64 Å². The highest BCUT2D eigenvalue weighted by Gasteiger charge is 2.21. The van der Waals surface area contributed by atoms with Crippen LogP contribution in [0.5, 0.6) is 5.75 Å². The number of halogens is 1. The van der Waals surface area contributed by atoms with Crippen LogP contribution in [0.25, 0.3) is 0 Å². The fraction of sp³-hybridized carbons (Fsp3) is 0.467. The molecule has 0 saturated carbocycles. The van der Waals surface area contributed by atoms with Gasteiger partial charge in [0.1, 0.15) is 5.75 Å². The average Bonchev–Trinajstić information content (AvgIpc) is 2.45. The molecule has 0 unspecified atom stereocenters. The van der Waals surface area contributed by atoms with Crippen molar-refractivity contribution < 1.29 is 9.53 Å². The maximum absolute atomic E-state index is 12.1. The van der Waals surface area contributed by atoms with Crippen LogP contribution in [0.15, 0.2) is 18.2 Å². The van der Waals surface area contributed by atoms with E-state index in [1.165, 1.54) is 12.5 Å². The number of hydrogen-bond donors (Lipinski definition) is 0. The van der Waals surface area contributed by atoms with Gasteiger partial charge in [-0.15, -0.1) is 0 Å². The van der Waals surface area contributed by atoms with E-state index in [1.54, 1.807) is 12.1 Å². The third-order valence-corrected chi connectivity index (χ3v) is 3.72. The van der Waals surface area contributed by atoms with E-state index < -0.39 is 0 Å². The number of benzene rings is 1. The van der Waals surface area contributed by atoms with E-state index in [2.05, 4.69) is 6.92 Å². The van der Waals surface area contributed by atoms with Crippen LogP contribution in [0.3, 0.4) is 0 Å². The molecular formula is C15H17ClN2O2. The van der Waals surface area contributed by atoms with Crippen molar-refractivity contribution >= 4 is 17.5 Å². The zero-order valence-electron chi connectivity index (χ0n) is 11.4. The second-order valence-electron chi connectivity index (χ2n) is 5.13. The van der Waals surface area contributed by atoms with E-state index in [1.807, 2.05) is 11.0 Å². The standard InChI is InChI=1S/C15H17ClN2O2/c1-11-3-2-6-18(9-11)15(19)10-20-14-5-4-12(8-17)7-13(14)16/h4-5,7,11H,2-3,6,9-10H2,1H3/t11-/m1/s1. The average molecular weight is 293 g/mol. The van der Waals surface area contributed by atoms with Crippen LogP contribution in [-0.4, -0.2) is 30.5 Å². The Balaban J connectivity index is 1.92. The van der Waals surface area contributed by atoms with Gasteiger partial charge in [-0.3, -0.25) is 4.79 Å². The van der Waals surface area contributed by atoms with Crippen molar-refractivity contribution in [3.63, 3.8) is 0 Å². The molecule has 20 heavy (non-hydrogen) atoms. The molecule has 1 saturated heterocycles. The van der Waals surface area contributed by atoms with E-state index in [-0.39, 0.29) is 12.5 Å². The minimum Gasteiger partial charge on any atom is -0.482 e. The molecule has 1 fully saturated rings. The second kappa shape index (κ2) is 6.62. The molecule has 1 aliphatic heterocycles. The number of hydrogen-bond acceptors (Lipinski definition) is 3. The summed E-state index contributed by atoms with van der Waals surface area (Å²) in [5.74, 6) is 0.965. The summed E-state index contributed by atoms with van der Waals surface area (Å²) >= 11 is 6.00. The summed E-state index contributed by atoms with van der Waals surface area (Å²) in [5.41, 5.74) is 0.471. The lowest BCUT2D eigenvalue weighted by Crippen LogP contribution is -2.41. The van der Waals surface area contributed by atoms with Gasteiger partial charge >= 0.3 is 0 Å². The fourth-order valence-corrected chi connectivity index (χ4v) is 2.57. The van der Waals surface area contributed by atoms with E-state index in [4.69, 9.17) is 21.6 Å². The van der Waals surface area contributed by atoms with Crippen LogP contribution >= 0.6 is 11.6 Å². The zero-order chi connectivity index (χ0) is 14.5. The summed E-state index contributed by atoms with van der Waals surface area (Å²) < 4.78 is 5.45. The lowest BCUT2D eigenvalue weighted by atomic mass is 10.0. The molecule has 1 atom stereocenters. The first kappa shape index (κ1) is 14.7. The highest BCUT2D eigenvalue weighted by atomic mass is 35.5. The third-order valence-electron chi connectivity index (χ3n) is 3.42. The summed E-state index contributed by atoms with van der Waals surface area (Å²) in [6.45, 7) is 3.73. The summed E-state index contributed by atoms with van der Waals surface area (Å²) in [6.07, 6.45) is 2.22. The van der Waals surface area contributed by atoms with Crippen LogP contribution in [0, 0.1) is 17.2 Å². The van der Waals surface area contributed by atoms with Crippen molar-refractivity contribution in [1.29, 1.82) is 5.26 Å². The SMILES string of the molecule is C[C@@H]1CCCN(C(=O)COc2ccc(C#N)cc2Cl)C1. The van der Waals surface area contributed by atoms with E-state index in [9.17, 15) is 4.79 Å². The number of rotatable bonds is 3. The van der Waals surface area contributed by atoms with Crippen LogP contribution in [-0.2, 0) is 4.79 Å². The number of carbonyl (C=O) groups is 1. The molecule has 1 amide bonds. The Hall–Kier alpha value is -1.73. The Morgan fingerprint density at radius 1 is 1.60 bits per heavy atom. The Morgan fingerprint density at radius 3 is 3.05 bits per heavy atom. The van der Waals surface area contributed by atoms with Crippen molar-refractivity contribution in [2.45, 2.75) is 19.8 Å². The quantitative estimate of drug-likeness (QED) is 0.861. The molecule has 0 aromatic heterocycles. The smallest absolute Gasteiger partial charge is 0.260 e. The number of carbonyl (C=O) groups excluding carboxylic acids is 1. The van der Waals surface area contributed by atoms with Crippen LogP contribution in [0.4, 0.5) is 0 Å². The Kier molecular flexibility index (Phi) is 4.86. The summed E-state index contributed by atoms with van der Waals surface area (Å²) in [7, 11) is 0. The van der Waals surface area contributed by atoms with E-state index in [0.717, 1.165) is 19.5 Å². The van der Waals surface area contributed by atoms with Crippen molar-refractivity contribution in [1.82, 2.24) is 4.90 Å². The molecule has 0 aliphatic carbocycles. The zero-order valence-corrected chi connectivity index (χ0v) is 12.2. The van der Waals surface area contributed by atoms with Gasteiger partial charge in [0.2, 0.25) is 0 Å². The molecule has 0 radical (unpaired) electrons. The van der Waals surface area contributed by atoms with Gasteiger partial charge in [0.25, 0.3) is 5.91 Å². The van der Waals surface area contributed by atoms with Crippen LogP contribution in [0.2, 0.25) is 5.02 Å². The molecule has 0 spiro atoms. The maximum Gasteiger partial charge on any atom is 0.260 e. The first-order chi connectivity index (χ1) is 9.60. The Labute approximate surface area is 123 Å². The summed E-state index contributed by atoms with van der Waals surface area (Å²) in [4.78, 5) is 13.9. The van der Waals surface area contributed by atoms with Crippen molar-refractivity contribution in [2.24, 2.45) is 5.92 Å². The molecule has 0 N–H and O–H groups in total. The second-order valence-corrected chi connectivity index (χ2v) is 5.54. The predicted octanol–water partition coefficient (Wildman–Crippen LogP) is 2.85. The molecule has 2 rings (SSSR count). The maximum atomic E-state index is 12.1. The molecule has 1 aromatic rings. The molecular weight excluding hydrogens is 276 g/mol. The Morgan fingerprint density at radius 2 is 2.40 bits per heavy atom. The van der Waals surface area contributed by atoms with Gasteiger partial charge in [0.05, 0.1) is 16.7 Å². The van der Waals surface area contributed by atoms with Gasteiger partial charge in [-0.2, -0.15) is 5.26 Å². The molecule has 0 bridgehead atoms. The number of piperidine rings is 1. The highest BCUT2D eigenvalue weighted by Crippen LogP contribution is 2.25. The molecule has 5 heteroatoms. The highest BCUT2D eigenvalue weighted by molar-refractivity contribution is 6.32. The lowest BCUT2D eigenvalue weighted by molar-refractivity contribution is -0.135. The number of amides is 1. The molecule has 4 nitrogen and oxygen atoms in total. The third kappa shape index (κ3) is 3.64. The summed E-state index contributed by atoms with van der Waals surface area (Å²) in [5, 5.41) is 9.11. The monoisotopic (exact) mass is 292 g/mol. The molecule has 106 valence electrons. The Bertz CT molecular complexity index is 539. The van der Waals surface area contributed by atoms with Gasteiger partial charge in [-0.05, 0) is 37.0 Å². The van der Waals surface area contributed by atoms with Gasteiger partial charge in [-0.25, -0.2) is 0 Å². The van der Waals surface area contributed by atoms with E-state index in [0.29, 0.717) is 22.3 Å². The minimum atomic E-state index is -0.0167. The molecule has 1 aliphatic rings. The lowest BCUT2D eigenvalue weighted by Gasteiger charge is -2.30. The topological polar surface area (TPSA) is 53.3 Å². The number of nitriles is 1. The number of ether oxygens (including phenoxy) is 1. The van der Waals surface area contributed by atoms with Gasteiger partial charge in [0.15, 0.2) is 6.61 Å². The first-order valence-electron chi connectivity index (χ1n) is 6.70. The number of nitrogens with zero attached hydrogens (tertiary/aromatic N) is 2. The summed E-state index contributed by atoms with van der Waals surface area (Å²) in [6, 6.07) is 6.77. The van der Waals surface area contributed by atoms with Crippen LogP contribution in [0.1, 0.15) is 25.3 Å². The van der Waals surface area contributed by atoms with Crippen LogP contribution < -0.4 is 4.74 Å². The minimum absolute atomic E-state index is 0.0155. The predicted molar refractivity (Wildman–Crippen MR) is 76.6 cm³/mol. The van der Waals surface area contributed by atoms with E-state index >= 15 is 0 Å². The number of likely N-dealkylation sites (tertiary alicyclic amines) is 1. The molecule has 1 aromatic carbocycles. The largest absolute Gasteiger partial charge is 0.482 e. The van der Waals surface area contributed by atoms with Gasteiger partial charge in [-0.1, -0.05) is 18.5 Å². The van der Waals surface area contributed by atoms with Crippen molar-refractivity contribution in [2.75, 3.05) is 19.7 Å². The van der Waals surface area contributed by atoms with Gasteiger partial charge in [0, 0.05) is 13.1 Å². The van der Waals surface area contributed by atoms with Crippen molar-refractivity contribution in [3.05, 3.63) is 28.8 Å². The van der Waals surface area contributed by atoms with Crippen molar-refractivity contribution in [3.8, 4) is 11.8 Å².